The Morgan fingerprint density at radius 2 is 1.81 bits per heavy atom. The van der Waals surface area contributed by atoms with Crippen LogP contribution < -0.4 is 4.74 Å². The van der Waals surface area contributed by atoms with Gasteiger partial charge in [0.1, 0.15) is 11.9 Å². The summed E-state index contributed by atoms with van der Waals surface area (Å²) < 4.78 is 13.1. The van der Waals surface area contributed by atoms with Crippen LogP contribution in [0.1, 0.15) is 16.2 Å². The summed E-state index contributed by atoms with van der Waals surface area (Å²) in [6, 6.07) is 19.0. The van der Waals surface area contributed by atoms with Crippen molar-refractivity contribution in [3.05, 3.63) is 72.1 Å². The average Bonchev–Trinajstić information content (AvgIpc) is 3.38. The van der Waals surface area contributed by atoms with Crippen molar-refractivity contribution < 1.29 is 14.1 Å². The normalized spacial score (nSPS) is 13.8. The van der Waals surface area contributed by atoms with Crippen molar-refractivity contribution >= 4 is 5.91 Å². The third-order valence-electron chi connectivity index (χ3n) is 5.33. The highest BCUT2D eigenvalue weighted by Gasteiger charge is 2.34. The molecular formula is C23H21N5O3. The standard InChI is InChI=1S/C23H21N5O3/c1-15-12-20(25-27(15)2)23(29)28-13-19(14-28)30-18-10-8-16(9-11-18)21-24-22(31-26-21)17-6-4-3-5-7-17/h3-12,19H,13-14H2,1-2H3. The van der Waals surface area contributed by atoms with Gasteiger partial charge in [-0.2, -0.15) is 10.1 Å². The molecule has 1 saturated heterocycles. The second kappa shape index (κ2) is 7.71. The summed E-state index contributed by atoms with van der Waals surface area (Å²) >= 11 is 0. The van der Waals surface area contributed by atoms with Crippen molar-refractivity contribution in [3.63, 3.8) is 0 Å². The Morgan fingerprint density at radius 1 is 1.06 bits per heavy atom. The van der Waals surface area contributed by atoms with Gasteiger partial charge in [0.15, 0.2) is 5.69 Å². The predicted molar refractivity (Wildman–Crippen MR) is 113 cm³/mol. The van der Waals surface area contributed by atoms with Crippen LogP contribution in [-0.2, 0) is 7.05 Å². The third kappa shape index (κ3) is 3.79. The van der Waals surface area contributed by atoms with E-state index in [-0.39, 0.29) is 12.0 Å². The first-order valence-electron chi connectivity index (χ1n) is 10.0. The van der Waals surface area contributed by atoms with Gasteiger partial charge in [0.25, 0.3) is 11.8 Å². The molecule has 1 fully saturated rings. The minimum absolute atomic E-state index is 0.0329. The molecule has 0 atom stereocenters. The fourth-order valence-corrected chi connectivity index (χ4v) is 3.42. The van der Waals surface area contributed by atoms with Crippen LogP contribution in [0.4, 0.5) is 0 Å². The van der Waals surface area contributed by atoms with Gasteiger partial charge in [-0.25, -0.2) is 0 Å². The maximum absolute atomic E-state index is 12.5. The summed E-state index contributed by atoms with van der Waals surface area (Å²) in [6.07, 6.45) is -0.0329. The second-order valence-corrected chi connectivity index (χ2v) is 7.56. The first-order valence-corrected chi connectivity index (χ1v) is 10.0. The maximum Gasteiger partial charge on any atom is 0.274 e. The Hall–Kier alpha value is -3.94. The molecule has 0 saturated carbocycles. The van der Waals surface area contributed by atoms with Crippen LogP contribution in [0.3, 0.4) is 0 Å². The number of hydrogen-bond donors (Lipinski definition) is 0. The molecule has 0 bridgehead atoms. The number of likely N-dealkylation sites (tertiary alicyclic amines) is 1. The zero-order chi connectivity index (χ0) is 21.4. The zero-order valence-electron chi connectivity index (χ0n) is 17.2. The number of rotatable bonds is 5. The van der Waals surface area contributed by atoms with Crippen molar-refractivity contribution in [2.24, 2.45) is 7.05 Å². The van der Waals surface area contributed by atoms with Gasteiger partial charge in [-0.1, -0.05) is 23.4 Å². The molecule has 31 heavy (non-hydrogen) atoms. The molecule has 3 heterocycles. The summed E-state index contributed by atoms with van der Waals surface area (Å²) in [6.45, 7) is 3.01. The minimum atomic E-state index is -0.0646. The number of benzene rings is 2. The minimum Gasteiger partial charge on any atom is -0.487 e. The Balaban J connectivity index is 1.18. The topological polar surface area (TPSA) is 86.3 Å². The Morgan fingerprint density at radius 3 is 2.48 bits per heavy atom. The first-order chi connectivity index (χ1) is 15.1. The van der Waals surface area contributed by atoms with Gasteiger partial charge in [-0.15, -0.1) is 0 Å². The molecule has 1 aliphatic rings. The van der Waals surface area contributed by atoms with Crippen molar-refractivity contribution in [1.82, 2.24) is 24.8 Å². The summed E-state index contributed by atoms with van der Waals surface area (Å²) in [7, 11) is 1.83. The molecule has 156 valence electrons. The van der Waals surface area contributed by atoms with Crippen LogP contribution in [0, 0.1) is 6.92 Å². The number of carbonyl (C=O) groups is 1. The summed E-state index contributed by atoms with van der Waals surface area (Å²) in [5.41, 5.74) is 3.15. The van der Waals surface area contributed by atoms with E-state index < -0.39 is 0 Å². The number of ether oxygens (including phenoxy) is 1. The molecule has 1 aliphatic heterocycles. The summed E-state index contributed by atoms with van der Waals surface area (Å²) in [5, 5.41) is 8.31. The summed E-state index contributed by atoms with van der Waals surface area (Å²) in [4.78, 5) is 18.7. The molecule has 2 aromatic carbocycles. The number of carbonyl (C=O) groups excluding carboxylic acids is 1. The first kappa shape index (κ1) is 19.0. The fourth-order valence-electron chi connectivity index (χ4n) is 3.42. The molecule has 5 rings (SSSR count). The van der Waals surface area contributed by atoms with E-state index in [2.05, 4.69) is 15.2 Å². The molecular weight excluding hydrogens is 394 g/mol. The molecule has 0 spiro atoms. The van der Waals surface area contributed by atoms with Crippen LogP contribution in [0.2, 0.25) is 0 Å². The van der Waals surface area contributed by atoms with Crippen molar-refractivity contribution in [3.8, 4) is 28.6 Å². The van der Waals surface area contributed by atoms with Gasteiger partial charge < -0.3 is 14.2 Å². The fraction of sp³-hybridized carbons (Fsp3) is 0.217. The van der Waals surface area contributed by atoms with E-state index in [0.29, 0.717) is 30.5 Å². The second-order valence-electron chi connectivity index (χ2n) is 7.56. The van der Waals surface area contributed by atoms with Crippen molar-refractivity contribution in [2.45, 2.75) is 13.0 Å². The van der Waals surface area contributed by atoms with Crippen LogP contribution in [0.5, 0.6) is 5.75 Å². The molecule has 0 radical (unpaired) electrons. The van der Waals surface area contributed by atoms with Gasteiger partial charge in [-0.05, 0) is 49.4 Å². The average molecular weight is 415 g/mol. The lowest BCUT2D eigenvalue weighted by Crippen LogP contribution is -2.56. The molecule has 4 aromatic rings. The van der Waals surface area contributed by atoms with E-state index >= 15 is 0 Å². The Labute approximate surface area is 179 Å². The number of hydrogen-bond acceptors (Lipinski definition) is 6. The molecule has 8 nitrogen and oxygen atoms in total. The largest absolute Gasteiger partial charge is 0.487 e. The Kier molecular flexibility index (Phi) is 4.74. The van der Waals surface area contributed by atoms with Crippen molar-refractivity contribution in [2.75, 3.05) is 13.1 Å². The SMILES string of the molecule is Cc1cc(C(=O)N2CC(Oc3ccc(-c4noc(-c5ccccc5)n4)cc3)C2)nn1C. The molecule has 0 unspecified atom stereocenters. The number of aryl methyl sites for hydroxylation is 2. The highest BCUT2D eigenvalue weighted by Crippen LogP contribution is 2.25. The van der Waals surface area contributed by atoms with E-state index in [1.54, 1.807) is 15.6 Å². The van der Waals surface area contributed by atoms with Gasteiger partial charge in [0.2, 0.25) is 5.82 Å². The van der Waals surface area contributed by atoms with E-state index in [4.69, 9.17) is 9.26 Å². The van der Waals surface area contributed by atoms with E-state index in [0.717, 1.165) is 22.6 Å². The number of nitrogens with zero attached hydrogens (tertiary/aromatic N) is 5. The predicted octanol–water partition coefficient (Wildman–Crippen LogP) is 3.35. The van der Waals surface area contributed by atoms with E-state index in [9.17, 15) is 4.79 Å². The number of aromatic nitrogens is 4. The van der Waals surface area contributed by atoms with Crippen LogP contribution in [-0.4, -0.2) is 49.9 Å². The smallest absolute Gasteiger partial charge is 0.274 e. The molecule has 1 amide bonds. The quantitative estimate of drug-likeness (QED) is 0.497. The van der Waals surface area contributed by atoms with Crippen LogP contribution >= 0.6 is 0 Å². The zero-order valence-corrected chi connectivity index (χ0v) is 17.2. The lowest BCUT2D eigenvalue weighted by Gasteiger charge is -2.38. The van der Waals surface area contributed by atoms with Gasteiger partial charge >= 0.3 is 0 Å². The van der Waals surface area contributed by atoms with E-state index in [1.165, 1.54) is 0 Å². The van der Waals surface area contributed by atoms with Crippen LogP contribution in [0.15, 0.2) is 65.2 Å². The monoisotopic (exact) mass is 415 g/mol. The van der Waals surface area contributed by atoms with Gasteiger partial charge in [-0.3, -0.25) is 9.48 Å². The molecule has 0 aliphatic carbocycles. The Bertz CT molecular complexity index is 1190. The lowest BCUT2D eigenvalue weighted by atomic mass is 10.1. The summed E-state index contributed by atoms with van der Waals surface area (Å²) in [5.74, 6) is 1.68. The van der Waals surface area contributed by atoms with Crippen molar-refractivity contribution in [1.29, 1.82) is 0 Å². The molecule has 0 N–H and O–H groups in total. The van der Waals surface area contributed by atoms with Gasteiger partial charge in [0, 0.05) is 23.9 Å². The maximum atomic E-state index is 12.5. The highest BCUT2D eigenvalue weighted by molar-refractivity contribution is 5.93. The lowest BCUT2D eigenvalue weighted by molar-refractivity contribution is 0.0173. The van der Waals surface area contributed by atoms with Gasteiger partial charge in [0.05, 0.1) is 13.1 Å². The highest BCUT2D eigenvalue weighted by atomic mass is 16.5. The van der Waals surface area contributed by atoms with E-state index in [1.807, 2.05) is 68.6 Å². The number of amides is 1. The third-order valence-corrected chi connectivity index (χ3v) is 5.33. The molecule has 2 aromatic heterocycles. The molecule has 8 heteroatoms. The van der Waals surface area contributed by atoms with Crippen LogP contribution in [0.25, 0.3) is 22.8 Å².